The molecule has 0 bridgehead atoms. The maximum absolute atomic E-state index is 9.65. The fraction of sp³-hybridized carbons (Fsp3) is 1.00. The first-order valence-corrected chi connectivity index (χ1v) is 7.32. The van der Waals surface area contributed by atoms with Gasteiger partial charge in [-0.15, -0.1) is 0 Å². The molecule has 0 aliphatic carbocycles. The Labute approximate surface area is 103 Å². The van der Waals surface area contributed by atoms with Crippen LogP contribution in [0.4, 0.5) is 0 Å². The number of aliphatic hydroxyl groups is 1. The molecule has 17 heavy (non-hydrogen) atoms. The van der Waals surface area contributed by atoms with Crippen molar-refractivity contribution in [1.82, 2.24) is 0 Å². The summed E-state index contributed by atoms with van der Waals surface area (Å²) in [7, 11) is -5.39. The second-order valence-corrected chi connectivity index (χ2v) is 5.01. The van der Waals surface area contributed by atoms with E-state index in [1.54, 1.807) is 0 Å². The number of rotatable bonds is 7. The molecule has 0 amide bonds. The summed E-state index contributed by atoms with van der Waals surface area (Å²) in [5, 5.41) is 9.65. The molecule has 0 rings (SSSR count). The van der Waals surface area contributed by atoms with E-state index in [0.29, 0.717) is 0 Å². The van der Waals surface area contributed by atoms with Crippen molar-refractivity contribution in [3.63, 3.8) is 0 Å². The minimum absolute atomic E-state index is 0.743. The molecule has 0 aliphatic rings. The smallest absolute Gasteiger partial charge is 0.113 e. The van der Waals surface area contributed by atoms with Gasteiger partial charge in [-0.2, -0.15) is 7.82 Å². The lowest BCUT2D eigenvalue weighted by molar-refractivity contribution is -0.432. The van der Waals surface area contributed by atoms with E-state index < -0.39 is 13.5 Å². The highest BCUT2D eigenvalue weighted by Crippen LogP contribution is 2.15. The Hall–Kier alpha value is 0.0300. The van der Waals surface area contributed by atoms with Crippen molar-refractivity contribution in [2.45, 2.75) is 64.5 Å². The zero-order valence-corrected chi connectivity index (χ0v) is 11.4. The van der Waals surface area contributed by atoms with Crippen LogP contribution in [0.2, 0.25) is 0 Å². The minimum atomic E-state index is -5.39. The second kappa shape index (κ2) is 10.00. The van der Waals surface area contributed by atoms with Gasteiger partial charge in [0.25, 0.3) is 0 Å². The van der Waals surface area contributed by atoms with Crippen LogP contribution in [0.5, 0.6) is 0 Å². The van der Waals surface area contributed by atoms with Crippen LogP contribution in [0.15, 0.2) is 0 Å². The molecule has 1 atom stereocenters. The molecular formula is C10H23NO5P-3. The van der Waals surface area contributed by atoms with Crippen LogP contribution in [0.3, 0.4) is 0 Å². The number of phosphoric acid groups is 1. The summed E-state index contributed by atoms with van der Waals surface area (Å²) in [4.78, 5) is 25.6. The van der Waals surface area contributed by atoms with Crippen molar-refractivity contribution in [1.29, 1.82) is 0 Å². The molecular weight excluding hydrogens is 245 g/mol. The lowest BCUT2D eigenvalue weighted by Gasteiger charge is -2.36. The van der Waals surface area contributed by atoms with Crippen molar-refractivity contribution >= 4 is 7.82 Å². The van der Waals surface area contributed by atoms with Gasteiger partial charge in [-0.25, -0.2) is 0 Å². The molecule has 6 nitrogen and oxygen atoms in total. The molecule has 0 heterocycles. The summed E-state index contributed by atoms with van der Waals surface area (Å²) in [5.74, 6) is 0. The molecule has 0 aromatic rings. The highest BCUT2D eigenvalue weighted by atomic mass is 31.2. The fourth-order valence-corrected chi connectivity index (χ4v) is 1.29. The third-order valence-corrected chi connectivity index (χ3v) is 2.18. The first kappa shape index (κ1) is 19.4. The van der Waals surface area contributed by atoms with Crippen molar-refractivity contribution in [3.8, 4) is 0 Å². The highest BCUT2D eigenvalue weighted by Gasteiger charge is 2.18. The maximum Gasteiger partial charge on any atom is 0.113 e. The molecule has 0 aromatic carbocycles. The molecule has 0 aromatic heterocycles. The number of unbranched alkanes of at least 4 members (excludes halogenated alkanes) is 3. The quantitative estimate of drug-likeness (QED) is 0.366. The van der Waals surface area contributed by atoms with Crippen LogP contribution in [0, 0.1) is 0 Å². The van der Waals surface area contributed by atoms with Gasteiger partial charge in [0.2, 0.25) is 0 Å². The molecule has 7 heteroatoms. The van der Waals surface area contributed by atoms with Gasteiger partial charge in [0.05, 0.1) is 0 Å². The summed E-state index contributed by atoms with van der Waals surface area (Å²) < 4.78 is 8.55. The van der Waals surface area contributed by atoms with E-state index in [4.69, 9.17) is 25.0 Å². The first-order chi connectivity index (χ1) is 7.62. The van der Waals surface area contributed by atoms with E-state index in [9.17, 15) is 5.11 Å². The van der Waals surface area contributed by atoms with Crippen molar-refractivity contribution in [2.75, 3.05) is 0 Å². The monoisotopic (exact) mass is 268 g/mol. The third-order valence-electron chi connectivity index (χ3n) is 2.18. The van der Waals surface area contributed by atoms with Crippen molar-refractivity contribution in [3.05, 3.63) is 0 Å². The molecule has 1 unspecified atom stereocenters. The average molecular weight is 268 g/mol. The van der Waals surface area contributed by atoms with E-state index >= 15 is 0 Å². The van der Waals surface area contributed by atoms with Crippen LogP contribution in [-0.2, 0) is 4.57 Å². The predicted molar refractivity (Wildman–Crippen MR) is 60.4 cm³/mol. The van der Waals surface area contributed by atoms with Crippen LogP contribution in [0.25, 0.3) is 0 Å². The van der Waals surface area contributed by atoms with Crippen LogP contribution < -0.4 is 20.4 Å². The van der Waals surface area contributed by atoms with Gasteiger partial charge in [-0.05, 0) is 25.7 Å². The molecule has 0 spiro atoms. The fourth-order valence-electron chi connectivity index (χ4n) is 1.29. The zero-order chi connectivity index (χ0) is 13.9. The van der Waals surface area contributed by atoms with Crippen LogP contribution in [0.1, 0.15) is 58.8 Å². The lowest BCUT2D eigenvalue weighted by Crippen LogP contribution is -2.39. The van der Waals surface area contributed by atoms with Gasteiger partial charge >= 0.3 is 0 Å². The van der Waals surface area contributed by atoms with E-state index in [0.717, 1.165) is 32.1 Å². The largest absolute Gasteiger partial charge is 0.822 e. The average Bonchev–Trinajstić information content (AvgIpc) is 2.12. The van der Waals surface area contributed by atoms with Gasteiger partial charge in [-0.3, -0.25) is 0 Å². The molecule has 3 N–H and O–H groups in total. The van der Waals surface area contributed by atoms with Gasteiger partial charge in [0.15, 0.2) is 0 Å². The Kier molecular flexibility index (Phi) is 11.4. The van der Waals surface area contributed by atoms with Crippen LogP contribution >= 0.6 is 7.82 Å². The van der Waals surface area contributed by atoms with Gasteiger partial charge in [0.1, 0.15) is 5.72 Å². The molecule has 0 saturated heterocycles. The van der Waals surface area contributed by atoms with Gasteiger partial charge in [-0.1, -0.05) is 33.1 Å². The van der Waals surface area contributed by atoms with Gasteiger partial charge in [0, 0.05) is 0 Å². The minimum Gasteiger partial charge on any atom is -0.822 e. The van der Waals surface area contributed by atoms with E-state index in [1.807, 2.05) is 0 Å². The summed E-state index contributed by atoms with van der Waals surface area (Å²) in [6, 6.07) is 0. The number of nitrogens with two attached hydrogens (primary N) is 1. The number of hydrogen-bond acceptors (Lipinski definition) is 6. The zero-order valence-electron chi connectivity index (χ0n) is 10.6. The molecule has 0 aliphatic heterocycles. The standard InChI is InChI=1S/C10H23NO.H3O4P/c1-3-5-7-9-10(11,12)8-6-4-2;1-5(2,3)4/h12H,3-9,11H2,1-2H3;(H3,1,2,3,4)/p-3. The Morgan fingerprint density at radius 1 is 1.06 bits per heavy atom. The topological polar surface area (TPSA) is 132 Å². The van der Waals surface area contributed by atoms with Crippen LogP contribution in [-0.4, -0.2) is 10.8 Å². The predicted octanol–water partition coefficient (Wildman–Crippen LogP) is -0.420. The molecule has 0 radical (unpaired) electrons. The van der Waals surface area contributed by atoms with E-state index in [1.165, 1.54) is 12.8 Å². The SMILES string of the molecule is CCCCCC(N)(O)CCCC.O=P([O-])([O-])[O-]. The Morgan fingerprint density at radius 3 is 1.76 bits per heavy atom. The number of hydrogen-bond donors (Lipinski definition) is 2. The Bertz CT molecular complexity index is 208. The van der Waals surface area contributed by atoms with E-state index in [-0.39, 0.29) is 0 Å². The summed E-state index contributed by atoms with van der Waals surface area (Å²) in [6.07, 6.45) is 7.03. The molecule has 106 valence electrons. The molecule has 0 fully saturated rings. The van der Waals surface area contributed by atoms with Gasteiger partial charge < -0.3 is 30.1 Å². The second-order valence-electron chi connectivity index (χ2n) is 4.11. The van der Waals surface area contributed by atoms with Crippen molar-refractivity contribution in [2.24, 2.45) is 5.73 Å². The lowest BCUT2D eigenvalue weighted by atomic mass is 10.00. The maximum atomic E-state index is 9.65. The first-order valence-electron chi connectivity index (χ1n) is 5.86. The molecule has 0 saturated carbocycles. The third kappa shape index (κ3) is 25.9. The Morgan fingerprint density at radius 2 is 1.41 bits per heavy atom. The highest BCUT2D eigenvalue weighted by molar-refractivity contribution is 7.40. The van der Waals surface area contributed by atoms with E-state index in [2.05, 4.69) is 13.8 Å². The summed E-state index contributed by atoms with van der Waals surface area (Å²) >= 11 is 0. The van der Waals surface area contributed by atoms with Crippen molar-refractivity contribution < 1.29 is 24.4 Å². The summed E-state index contributed by atoms with van der Waals surface area (Å²) in [5.41, 5.74) is 4.80. The Balaban J connectivity index is 0. The summed E-state index contributed by atoms with van der Waals surface area (Å²) in [6.45, 7) is 4.27. The normalized spacial score (nSPS) is 14.8.